The highest BCUT2D eigenvalue weighted by molar-refractivity contribution is 8.01. The van der Waals surface area contributed by atoms with E-state index in [0.717, 1.165) is 23.0 Å². The Bertz CT molecular complexity index is 876. The van der Waals surface area contributed by atoms with Gasteiger partial charge in [-0.1, -0.05) is 50.7 Å². The quantitative estimate of drug-likeness (QED) is 0.603. The van der Waals surface area contributed by atoms with Crippen molar-refractivity contribution in [2.75, 3.05) is 24.2 Å². The minimum atomic E-state index is -1.01. The van der Waals surface area contributed by atoms with Crippen LogP contribution in [0.3, 0.4) is 0 Å². The normalized spacial score (nSPS) is 17.0. The Morgan fingerprint density at radius 2 is 2.14 bits per heavy atom. The van der Waals surface area contributed by atoms with Crippen molar-refractivity contribution in [1.29, 1.82) is 0 Å². The third-order valence-corrected chi connectivity index (χ3v) is 6.98. The van der Waals surface area contributed by atoms with Gasteiger partial charge in [0.25, 0.3) is 0 Å². The van der Waals surface area contributed by atoms with Gasteiger partial charge in [-0.25, -0.2) is 9.78 Å². The molecule has 0 bridgehead atoms. The van der Waals surface area contributed by atoms with E-state index in [1.165, 1.54) is 28.7 Å². The van der Waals surface area contributed by atoms with Crippen LogP contribution in [0.4, 0.5) is 5.69 Å². The molecule has 0 radical (unpaired) electrons. The first-order valence-corrected chi connectivity index (χ1v) is 11.6. The van der Waals surface area contributed by atoms with E-state index in [-0.39, 0.29) is 23.1 Å². The molecule has 1 saturated heterocycles. The zero-order valence-corrected chi connectivity index (χ0v) is 18.6. The Balaban J connectivity index is 1.56. The average Bonchev–Trinajstić information content (AvgIpc) is 3.27. The van der Waals surface area contributed by atoms with Crippen LogP contribution >= 0.6 is 23.1 Å². The molecule has 3 rings (SSSR count). The highest BCUT2D eigenvalue weighted by atomic mass is 32.2. The zero-order chi connectivity index (χ0) is 21.0. The van der Waals surface area contributed by atoms with Crippen LogP contribution < -0.4 is 5.32 Å². The fourth-order valence-electron chi connectivity index (χ4n) is 3.48. The number of nitrogens with one attached hydrogen (secondary N) is 1. The fraction of sp³-hybridized carbons (Fsp3) is 0.476. The van der Waals surface area contributed by atoms with E-state index in [9.17, 15) is 9.59 Å². The predicted molar refractivity (Wildman–Crippen MR) is 118 cm³/mol. The maximum absolute atomic E-state index is 12.4. The lowest BCUT2D eigenvalue weighted by Crippen LogP contribution is -2.39. The molecule has 29 heavy (non-hydrogen) atoms. The molecular formula is C21H27N3O3S2. The number of hydrogen-bond acceptors (Lipinski definition) is 6. The fourth-order valence-corrected chi connectivity index (χ4v) is 5.29. The number of likely N-dealkylation sites (tertiary alicyclic amines) is 1. The molecule has 1 aromatic carbocycles. The lowest BCUT2D eigenvalue weighted by molar-refractivity contribution is -0.128. The number of aromatic carboxylic acids is 1. The Kier molecular flexibility index (Phi) is 6.85. The molecule has 1 amide bonds. The molecule has 1 fully saturated rings. The van der Waals surface area contributed by atoms with E-state index in [1.807, 2.05) is 11.0 Å². The Morgan fingerprint density at radius 1 is 1.38 bits per heavy atom. The van der Waals surface area contributed by atoms with Gasteiger partial charge in [-0.2, -0.15) is 0 Å². The number of carboxylic acid groups (broad SMARTS) is 1. The molecule has 156 valence electrons. The van der Waals surface area contributed by atoms with E-state index in [0.29, 0.717) is 18.7 Å². The van der Waals surface area contributed by atoms with Crippen molar-refractivity contribution in [2.24, 2.45) is 0 Å². The Labute approximate surface area is 179 Å². The van der Waals surface area contributed by atoms with Gasteiger partial charge < -0.3 is 15.3 Å². The summed E-state index contributed by atoms with van der Waals surface area (Å²) in [6.45, 7) is 7.96. The summed E-state index contributed by atoms with van der Waals surface area (Å²) < 4.78 is 0.725. The largest absolute Gasteiger partial charge is 0.476 e. The van der Waals surface area contributed by atoms with Gasteiger partial charge in [0.1, 0.15) is 0 Å². The number of carboxylic acids is 1. The van der Waals surface area contributed by atoms with E-state index >= 15 is 0 Å². The van der Waals surface area contributed by atoms with Crippen molar-refractivity contribution in [3.05, 3.63) is 40.9 Å². The van der Waals surface area contributed by atoms with Gasteiger partial charge in [0, 0.05) is 42.4 Å². The molecule has 2 heterocycles. The monoisotopic (exact) mass is 433 g/mol. The average molecular weight is 434 g/mol. The van der Waals surface area contributed by atoms with Gasteiger partial charge in [0.05, 0.1) is 0 Å². The molecular weight excluding hydrogens is 406 g/mol. The standard InChI is InChI=1S/C21H27N3O3S2/c1-21(2,3)15-6-4-5-7-16(15)22-12-14-8-9-18(25)24(14)10-11-28-20-23-17(13-29-20)19(26)27/h4-7,13-14,22H,8-12H2,1-3H3,(H,26,27)/t14-/m1/s1. The second-order valence-corrected chi connectivity index (χ2v) is 10.3. The van der Waals surface area contributed by atoms with Crippen LogP contribution in [0.2, 0.25) is 0 Å². The van der Waals surface area contributed by atoms with E-state index < -0.39 is 5.97 Å². The Hall–Kier alpha value is -2.06. The first-order chi connectivity index (χ1) is 13.8. The summed E-state index contributed by atoms with van der Waals surface area (Å²) in [6, 6.07) is 8.51. The molecule has 1 atom stereocenters. The molecule has 1 aromatic heterocycles. The number of aromatic nitrogens is 1. The number of para-hydroxylation sites is 1. The Morgan fingerprint density at radius 3 is 2.83 bits per heavy atom. The lowest BCUT2D eigenvalue weighted by atomic mass is 9.86. The second-order valence-electron chi connectivity index (χ2n) is 8.11. The maximum atomic E-state index is 12.4. The number of amides is 1. The molecule has 6 nitrogen and oxygen atoms in total. The van der Waals surface area contributed by atoms with Crippen LogP contribution in [0.1, 0.15) is 49.7 Å². The summed E-state index contributed by atoms with van der Waals surface area (Å²) in [5.41, 5.74) is 2.52. The van der Waals surface area contributed by atoms with Crippen LogP contribution in [-0.4, -0.2) is 51.8 Å². The van der Waals surface area contributed by atoms with Gasteiger partial charge in [0.2, 0.25) is 5.91 Å². The van der Waals surface area contributed by atoms with Gasteiger partial charge in [-0.3, -0.25) is 4.79 Å². The molecule has 0 spiro atoms. The van der Waals surface area contributed by atoms with E-state index in [1.54, 1.807) is 5.38 Å². The third-order valence-electron chi connectivity index (χ3n) is 4.98. The molecule has 1 aliphatic rings. The predicted octanol–water partition coefficient (Wildman–Crippen LogP) is 4.33. The van der Waals surface area contributed by atoms with E-state index in [2.05, 4.69) is 49.3 Å². The summed E-state index contributed by atoms with van der Waals surface area (Å²) in [7, 11) is 0. The van der Waals surface area contributed by atoms with Crippen molar-refractivity contribution in [1.82, 2.24) is 9.88 Å². The van der Waals surface area contributed by atoms with Gasteiger partial charge in [-0.05, 0) is 23.5 Å². The van der Waals surface area contributed by atoms with Crippen molar-refractivity contribution < 1.29 is 14.7 Å². The third kappa shape index (κ3) is 5.51. The number of rotatable bonds is 8. The number of benzene rings is 1. The summed E-state index contributed by atoms with van der Waals surface area (Å²) in [5.74, 6) is -0.121. The van der Waals surface area contributed by atoms with Gasteiger partial charge >= 0.3 is 5.97 Å². The topological polar surface area (TPSA) is 82.5 Å². The number of anilines is 1. The minimum absolute atomic E-state index is 0.0495. The van der Waals surface area contributed by atoms with Crippen LogP contribution in [0.5, 0.6) is 0 Å². The highest BCUT2D eigenvalue weighted by Gasteiger charge is 2.30. The smallest absolute Gasteiger partial charge is 0.355 e. The maximum Gasteiger partial charge on any atom is 0.355 e. The summed E-state index contributed by atoms with van der Waals surface area (Å²) in [5, 5.41) is 14.1. The molecule has 2 N–H and O–H groups in total. The number of carbonyl (C=O) groups excluding carboxylic acids is 1. The molecule has 0 saturated carbocycles. The minimum Gasteiger partial charge on any atom is -0.476 e. The highest BCUT2D eigenvalue weighted by Crippen LogP contribution is 2.30. The van der Waals surface area contributed by atoms with Gasteiger partial charge in [0.15, 0.2) is 10.0 Å². The summed E-state index contributed by atoms with van der Waals surface area (Å²) in [6.07, 6.45) is 1.44. The van der Waals surface area contributed by atoms with Crippen molar-refractivity contribution in [3.63, 3.8) is 0 Å². The first-order valence-electron chi connectivity index (χ1n) is 9.70. The molecule has 1 aliphatic heterocycles. The number of hydrogen-bond donors (Lipinski definition) is 2. The zero-order valence-electron chi connectivity index (χ0n) is 17.0. The van der Waals surface area contributed by atoms with Crippen molar-refractivity contribution in [2.45, 2.75) is 49.4 Å². The number of carbonyl (C=O) groups is 2. The van der Waals surface area contributed by atoms with Crippen LogP contribution in [0.25, 0.3) is 0 Å². The first kappa shape index (κ1) is 21.6. The molecule has 8 heteroatoms. The SMILES string of the molecule is CC(C)(C)c1ccccc1NC[C@H]1CCC(=O)N1CCSc1nc(C(=O)O)cs1. The molecule has 0 aliphatic carbocycles. The van der Waals surface area contributed by atoms with Gasteiger partial charge in [-0.15, -0.1) is 11.3 Å². The van der Waals surface area contributed by atoms with Crippen LogP contribution in [-0.2, 0) is 10.2 Å². The van der Waals surface area contributed by atoms with Crippen molar-refractivity contribution in [3.8, 4) is 0 Å². The molecule has 0 unspecified atom stereocenters. The number of thioether (sulfide) groups is 1. The number of thiazole rings is 1. The number of nitrogens with zero attached hydrogens (tertiary/aromatic N) is 2. The summed E-state index contributed by atoms with van der Waals surface area (Å²) in [4.78, 5) is 29.3. The van der Waals surface area contributed by atoms with E-state index in [4.69, 9.17) is 5.11 Å². The second kappa shape index (κ2) is 9.17. The molecule has 2 aromatic rings. The van der Waals surface area contributed by atoms with Crippen LogP contribution in [0.15, 0.2) is 34.0 Å². The van der Waals surface area contributed by atoms with Crippen LogP contribution in [0, 0.1) is 0 Å². The lowest BCUT2D eigenvalue weighted by Gasteiger charge is -2.28. The van der Waals surface area contributed by atoms with Crippen molar-refractivity contribution >= 4 is 40.7 Å². The summed E-state index contributed by atoms with van der Waals surface area (Å²) >= 11 is 2.83.